The summed E-state index contributed by atoms with van der Waals surface area (Å²) in [4.78, 5) is 11.3. The molecule has 78 valence electrons. The van der Waals surface area contributed by atoms with E-state index >= 15 is 0 Å². The van der Waals surface area contributed by atoms with Gasteiger partial charge in [-0.1, -0.05) is 45.9 Å². The first kappa shape index (κ1) is 13.0. The molecule has 3 heteroatoms. The number of aliphatic hydroxyl groups excluding tert-OH is 1. The Labute approximate surface area is 85.1 Å². The number of carbonyl (C=O) groups excluding carboxylic acids is 1. The molecule has 0 amide bonds. The highest BCUT2D eigenvalue weighted by molar-refractivity contribution is 8.14. The molecule has 0 aromatic heterocycles. The third-order valence-corrected chi connectivity index (χ3v) is 2.45. The van der Waals surface area contributed by atoms with Crippen LogP contribution in [0.1, 0.15) is 47.0 Å². The summed E-state index contributed by atoms with van der Waals surface area (Å²) in [6.07, 6.45) is 1.48. The second-order valence-electron chi connectivity index (χ2n) is 4.23. The van der Waals surface area contributed by atoms with Gasteiger partial charge in [-0.05, 0) is 6.42 Å². The fourth-order valence-corrected chi connectivity index (χ4v) is 1.97. The highest BCUT2D eigenvalue weighted by atomic mass is 32.2. The molecule has 0 rings (SSSR count). The normalized spacial score (nSPS) is 14.2. The first-order valence-electron chi connectivity index (χ1n) is 4.75. The molecule has 0 bridgehead atoms. The van der Waals surface area contributed by atoms with Crippen LogP contribution in [0.3, 0.4) is 0 Å². The van der Waals surface area contributed by atoms with Gasteiger partial charge in [-0.3, -0.25) is 4.79 Å². The zero-order valence-electron chi connectivity index (χ0n) is 8.96. The second kappa shape index (κ2) is 5.66. The SMILES string of the molecule is CCC[C@H](O)CC(=O)SC(C)(C)C. The van der Waals surface area contributed by atoms with Crippen molar-refractivity contribution in [1.82, 2.24) is 0 Å². The molecule has 0 saturated carbocycles. The molecule has 0 heterocycles. The Morgan fingerprint density at radius 1 is 1.46 bits per heavy atom. The van der Waals surface area contributed by atoms with Crippen molar-refractivity contribution in [3.63, 3.8) is 0 Å². The van der Waals surface area contributed by atoms with Crippen LogP contribution in [0, 0.1) is 0 Å². The van der Waals surface area contributed by atoms with Crippen LogP contribution in [-0.4, -0.2) is 21.1 Å². The van der Waals surface area contributed by atoms with Crippen molar-refractivity contribution in [3.8, 4) is 0 Å². The Hall–Kier alpha value is -0.0200. The van der Waals surface area contributed by atoms with Gasteiger partial charge in [0, 0.05) is 11.2 Å². The summed E-state index contributed by atoms with van der Waals surface area (Å²) in [5, 5.41) is 9.47. The van der Waals surface area contributed by atoms with Gasteiger partial charge >= 0.3 is 0 Å². The van der Waals surface area contributed by atoms with Crippen LogP contribution in [0.25, 0.3) is 0 Å². The summed E-state index contributed by atoms with van der Waals surface area (Å²) in [6, 6.07) is 0. The van der Waals surface area contributed by atoms with Crippen molar-refractivity contribution >= 4 is 16.9 Å². The van der Waals surface area contributed by atoms with E-state index in [0.717, 1.165) is 12.8 Å². The van der Waals surface area contributed by atoms with Gasteiger partial charge in [0.05, 0.1) is 6.10 Å². The summed E-state index contributed by atoms with van der Waals surface area (Å²) in [5.74, 6) is 0. The average Bonchev–Trinajstić information content (AvgIpc) is 1.81. The van der Waals surface area contributed by atoms with Crippen LogP contribution in [0.2, 0.25) is 0 Å². The molecule has 0 aliphatic heterocycles. The Bertz CT molecular complexity index is 161. The molecule has 0 unspecified atom stereocenters. The van der Waals surface area contributed by atoms with Crippen molar-refractivity contribution in [3.05, 3.63) is 0 Å². The van der Waals surface area contributed by atoms with E-state index in [1.54, 1.807) is 0 Å². The minimum Gasteiger partial charge on any atom is -0.393 e. The highest BCUT2D eigenvalue weighted by Crippen LogP contribution is 2.25. The predicted octanol–water partition coefficient (Wildman–Crippen LogP) is 2.60. The first-order chi connectivity index (χ1) is 5.85. The maximum Gasteiger partial charge on any atom is 0.192 e. The minimum absolute atomic E-state index is 0.0387. The van der Waals surface area contributed by atoms with Gasteiger partial charge in [-0.15, -0.1) is 0 Å². The predicted molar refractivity (Wildman–Crippen MR) is 57.9 cm³/mol. The molecule has 0 fully saturated rings. The maximum absolute atomic E-state index is 11.3. The molecule has 1 N–H and O–H groups in total. The van der Waals surface area contributed by atoms with Crippen LogP contribution < -0.4 is 0 Å². The molecule has 13 heavy (non-hydrogen) atoms. The van der Waals surface area contributed by atoms with Crippen LogP contribution in [0.5, 0.6) is 0 Å². The van der Waals surface area contributed by atoms with E-state index in [0.29, 0.717) is 0 Å². The maximum atomic E-state index is 11.3. The largest absolute Gasteiger partial charge is 0.393 e. The molecule has 0 aromatic rings. The van der Waals surface area contributed by atoms with Crippen molar-refractivity contribution < 1.29 is 9.90 Å². The zero-order chi connectivity index (χ0) is 10.5. The van der Waals surface area contributed by atoms with E-state index in [-0.39, 0.29) is 16.3 Å². The van der Waals surface area contributed by atoms with E-state index < -0.39 is 6.10 Å². The fourth-order valence-electron chi connectivity index (χ4n) is 1.01. The summed E-state index contributed by atoms with van der Waals surface area (Å²) >= 11 is 1.31. The molecule has 0 aromatic carbocycles. The molecular weight excluding hydrogens is 184 g/mol. The Morgan fingerprint density at radius 2 is 2.00 bits per heavy atom. The topological polar surface area (TPSA) is 37.3 Å². The zero-order valence-corrected chi connectivity index (χ0v) is 9.78. The number of hydrogen-bond acceptors (Lipinski definition) is 3. The summed E-state index contributed by atoms with van der Waals surface area (Å²) in [6.45, 7) is 8.01. The molecule has 0 aliphatic carbocycles. The van der Waals surface area contributed by atoms with Crippen LogP contribution in [0.15, 0.2) is 0 Å². The van der Waals surface area contributed by atoms with E-state index in [1.807, 2.05) is 27.7 Å². The molecular formula is C10H20O2S. The lowest BCUT2D eigenvalue weighted by atomic mass is 10.2. The van der Waals surface area contributed by atoms with Crippen molar-refractivity contribution in [2.75, 3.05) is 0 Å². The highest BCUT2D eigenvalue weighted by Gasteiger charge is 2.18. The average molecular weight is 204 g/mol. The smallest absolute Gasteiger partial charge is 0.192 e. The van der Waals surface area contributed by atoms with Gasteiger partial charge in [-0.2, -0.15) is 0 Å². The Morgan fingerprint density at radius 3 is 2.38 bits per heavy atom. The third-order valence-electron chi connectivity index (χ3n) is 1.44. The van der Waals surface area contributed by atoms with Crippen LogP contribution in [-0.2, 0) is 4.79 Å². The van der Waals surface area contributed by atoms with Gasteiger partial charge in [0.25, 0.3) is 0 Å². The van der Waals surface area contributed by atoms with E-state index in [9.17, 15) is 9.90 Å². The van der Waals surface area contributed by atoms with E-state index in [1.165, 1.54) is 11.8 Å². The van der Waals surface area contributed by atoms with Gasteiger partial charge < -0.3 is 5.11 Å². The first-order valence-corrected chi connectivity index (χ1v) is 5.56. The lowest BCUT2D eigenvalue weighted by Gasteiger charge is -2.17. The summed E-state index contributed by atoms with van der Waals surface area (Å²) in [7, 11) is 0. The van der Waals surface area contributed by atoms with Crippen LogP contribution >= 0.6 is 11.8 Å². The van der Waals surface area contributed by atoms with Gasteiger partial charge in [0.2, 0.25) is 0 Å². The summed E-state index contributed by atoms with van der Waals surface area (Å²) < 4.78 is -0.0387. The molecule has 1 atom stereocenters. The molecule has 0 saturated heterocycles. The number of hydrogen-bond donors (Lipinski definition) is 1. The van der Waals surface area contributed by atoms with Gasteiger partial charge in [-0.25, -0.2) is 0 Å². The fraction of sp³-hybridized carbons (Fsp3) is 0.900. The monoisotopic (exact) mass is 204 g/mol. The molecule has 0 spiro atoms. The standard InChI is InChI=1S/C10H20O2S/c1-5-6-8(11)7-9(12)13-10(2,3)4/h8,11H,5-7H2,1-4H3/t8-/m0/s1. The van der Waals surface area contributed by atoms with Crippen LogP contribution in [0.4, 0.5) is 0 Å². The van der Waals surface area contributed by atoms with Crippen molar-refractivity contribution in [2.24, 2.45) is 0 Å². The van der Waals surface area contributed by atoms with E-state index in [2.05, 4.69) is 0 Å². The molecule has 0 aliphatic rings. The van der Waals surface area contributed by atoms with E-state index in [4.69, 9.17) is 0 Å². The quantitative estimate of drug-likeness (QED) is 0.765. The number of carbonyl (C=O) groups is 1. The van der Waals surface area contributed by atoms with Gasteiger partial charge in [0.15, 0.2) is 5.12 Å². The lowest BCUT2D eigenvalue weighted by Crippen LogP contribution is -2.16. The molecule has 0 radical (unpaired) electrons. The lowest BCUT2D eigenvalue weighted by molar-refractivity contribution is -0.112. The minimum atomic E-state index is -0.452. The third kappa shape index (κ3) is 8.31. The summed E-state index contributed by atoms with van der Waals surface area (Å²) in [5.41, 5.74) is 0. The van der Waals surface area contributed by atoms with Crippen molar-refractivity contribution in [2.45, 2.75) is 57.8 Å². The number of rotatable bonds is 4. The Kier molecular flexibility index (Phi) is 5.65. The number of thioether (sulfide) groups is 1. The van der Waals surface area contributed by atoms with Gasteiger partial charge in [0.1, 0.15) is 0 Å². The molecule has 2 nitrogen and oxygen atoms in total. The van der Waals surface area contributed by atoms with Crippen molar-refractivity contribution in [1.29, 1.82) is 0 Å². The second-order valence-corrected chi connectivity index (χ2v) is 6.12. The number of aliphatic hydroxyl groups is 1. The Balaban J connectivity index is 3.74.